The number of carbonyl (C=O) groups excluding carboxylic acids is 1. The van der Waals surface area contributed by atoms with Gasteiger partial charge in [-0.25, -0.2) is 0 Å². The minimum atomic E-state index is -1.17. The van der Waals surface area contributed by atoms with Crippen molar-refractivity contribution in [2.75, 3.05) is 20.2 Å². The van der Waals surface area contributed by atoms with Crippen molar-refractivity contribution in [2.45, 2.75) is 75.9 Å². The molecule has 4 aliphatic carbocycles. The molecule has 9 bridgehead atoms. The molecule has 3 aliphatic heterocycles. The minimum absolute atomic E-state index is 0.0123. The Morgan fingerprint density at radius 1 is 1.32 bits per heavy atom. The fraction of sp³-hybridized carbons (Fsp3) is 0.955. The van der Waals surface area contributed by atoms with Crippen LogP contribution in [-0.2, 0) is 14.3 Å². The van der Waals surface area contributed by atoms with E-state index in [1.54, 1.807) is 7.11 Å². The summed E-state index contributed by atoms with van der Waals surface area (Å²) in [7, 11) is 1.79. The van der Waals surface area contributed by atoms with E-state index in [0.29, 0.717) is 12.8 Å². The molecular formula is C22H33NO5. The van der Waals surface area contributed by atoms with Crippen LogP contribution in [0.5, 0.6) is 0 Å². The predicted molar refractivity (Wildman–Crippen MR) is 100 cm³/mol. The average Bonchev–Trinajstić information content (AvgIpc) is 2.73. The van der Waals surface area contributed by atoms with E-state index >= 15 is 0 Å². The topological polar surface area (TPSA) is 79.2 Å². The van der Waals surface area contributed by atoms with Gasteiger partial charge in [-0.15, -0.1) is 0 Å². The van der Waals surface area contributed by atoms with Gasteiger partial charge in [0.1, 0.15) is 6.10 Å². The van der Waals surface area contributed by atoms with Crippen LogP contribution in [0, 0.1) is 34.5 Å². The largest absolute Gasteiger partial charge is 0.462 e. The van der Waals surface area contributed by atoms with Gasteiger partial charge in [0.05, 0.1) is 23.7 Å². The number of hydrogen-bond acceptors (Lipinski definition) is 6. The molecule has 3 heterocycles. The van der Waals surface area contributed by atoms with Crippen molar-refractivity contribution in [3.63, 3.8) is 0 Å². The third-order valence-electron chi connectivity index (χ3n) is 10.1. The standard InChI is InChI=1S/C22H33NO5/c1-4-23-10-20(2)7-6-13(27-3)22-12-9-11-5-8-21(26,14(12)19(25)28-11)15(18(22)23)16(24)17(20)22/h11-18,24,26H,4-10H2,1-3H3/t11-,12+,13-,14+,15-,16+,17+,18+,20-,21-,22-/m0/s1. The van der Waals surface area contributed by atoms with E-state index < -0.39 is 17.6 Å². The monoisotopic (exact) mass is 391 g/mol. The van der Waals surface area contributed by atoms with E-state index in [1.807, 2.05) is 0 Å². The average molecular weight is 392 g/mol. The molecule has 0 unspecified atom stereocenters. The highest BCUT2D eigenvalue weighted by Crippen LogP contribution is 2.77. The van der Waals surface area contributed by atoms with Gasteiger partial charge in [-0.1, -0.05) is 13.8 Å². The zero-order valence-electron chi connectivity index (χ0n) is 17.1. The zero-order valence-corrected chi connectivity index (χ0v) is 17.1. The summed E-state index contributed by atoms with van der Waals surface area (Å²) in [4.78, 5) is 15.6. The van der Waals surface area contributed by atoms with Gasteiger partial charge in [-0.3, -0.25) is 9.69 Å². The normalized spacial score (nSPS) is 61.8. The van der Waals surface area contributed by atoms with Crippen molar-refractivity contribution < 1.29 is 24.5 Å². The van der Waals surface area contributed by atoms with E-state index in [9.17, 15) is 15.0 Å². The van der Waals surface area contributed by atoms with E-state index in [1.165, 1.54) is 0 Å². The summed E-state index contributed by atoms with van der Waals surface area (Å²) in [5.74, 6) is -0.969. The van der Waals surface area contributed by atoms with Gasteiger partial charge >= 0.3 is 5.97 Å². The number of aliphatic hydroxyl groups is 2. The molecule has 7 aliphatic rings. The molecule has 0 aromatic heterocycles. The quantitative estimate of drug-likeness (QED) is 0.689. The van der Waals surface area contributed by atoms with Crippen LogP contribution in [0.25, 0.3) is 0 Å². The van der Waals surface area contributed by atoms with Crippen LogP contribution >= 0.6 is 0 Å². The van der Waals surface area contributed by atoms with Gasteiger partial charge in [-0.2, -0.15) is 0 Å². The van der Waals surface area contributed by atoms with E-state index in [-0.39, 0.29) is 52.8 Å². The molecule has 7 rings (SSSR count). The molecule has 28 heavy (non-hydrogen) atoms. The maximum Gasteiger partial charge on any atom is 0.312 e. The lowest BCUT2D eigenvalue weighted by molar-refractivity contribution is -0.269. The molecule has 7 fully saturated rings. The molecule has 6 nitrogen and oxygen atoms in total. The van der Waals surface area contributed by atoms with Crippen molar-refractivity contribution >= 4 is 5.97 Å². The van der Waals surface area contributed by atoms with Crippen molar-refractivity contribution in [2.24, 2.45) is 34.5 Å². The summed E-state index contributed by atoms with van der Waals surface area (Å²) in [6.07, 6.45) is 3.38. The van der Waals surface area contributed by atoms with Gasteiger partial charge in [0.2, 0.25) is 0 Å². The molecule has 11 atom stereocenters. The van der Waals surface area contributed by atoms with Gasteiger partial charge in [0.25, 0.3) is 0 Å². The van der Waals surface area contributed by atoms with Gasteiger partial charge < -0.3 is 19.7 Å². The smallest absolute Gasteiger partial charge is 0.312 e. The number of fused-ring (bicyclic) bond motifs is 2. The van der Waals surface area contributed by atoms with Gasteiger partial charge in [0.15, 0.2) is 0 Å². The van der Waals surface area contributed by atoms with Gasteiger partial charge in [0, 0.05) is 36.9 Å². The Balaban J connectivity index is 1.66. The van der Waals surface area contributed by atoms with Crippen molar-refractivity contribution in [3.05, 3.63) is 0 Å². The van der Waals surface area contributed by atoms with Crippen LogP contribution in [-0.4, -0.2) is 71.2 Å². The number of rotatable bonds is 2. The molecule has 6 heteroatoms. The van der Waals surface area contributed by atoms with E-state index in [2.05, 4.69) is 18.7 Å². The third-order valence-corrected chi connectivity index (χ3v) is 10.1. The predicted octanol–water partition coefficient (Wildman–Crippen LogP) is 1.19. The highest BCUT2D eigenvalue weighted by molar-refractivity contribution is 5.77. The molecular weight excluding hydrogens is 358 g/mol. The van der Waals surface area contributed by atoms with Crippen LogP contribution in [0.4, 0.5) is 0 Å². The van der Waals surface area contributed by atoms with Crippen LogP contribution in [0.1, 0.15) is 46.0 Å². The fourth-order valence-electron chi connectivity index (χ4n) is 9.64. The second-order valence-electron chi connectivity index (χ2n) is 10.8. The van der Waals surface area contributed by atoms with Gasteiger partial charge in [-0.05, 0) is 50.0 Å². The number of esters is 1. The Morgan fingerprint density at radius 3 is 2.82 bits per heavy atom. The summed E-state index contributed by atoms with van der Waals surface area (Å²) in [5.41, 5.74) is -1.46. The third kappa shape index (κ3) is 1.68. The first-order valence-electron chi connectivity index (χ1n) is 11.2. The first kappa shape index (κ1) is 18.1. The number of hydrogen-bond donors (Lipinski definition) is 2. The SMILES string of the molecule is CCN1C[C@]2(C)CC[C@H](OC)[C@@]34[C@@H]5C[C@@H]6CC[C@@](O)([C@@H]([C@@H](O)[C@H]23)[C@@H]14)[C@H]5C(=O)O6. The summed E-state index contributed by atoms with van der Waals surface area (Å²) in [5, 5.41) is 23.9. The Kier molecular flexibility index (Phi) is 3.44. The number of likely N-dealkylation sites (tertiary alicyclic amines) is 1. The zero-order chi connectivity index (χ0) is 19.6. The molecule has 0 radical (unpaired) electrons. The first-order valence-corrected chi connectivity index (χ1v) is 11.2. The maximum atomic E-state index is 13.1. The lowest BCUT2D eigenvalue weighted by atomic mass is 9.42. The minimum Gasteiger partial charge on any atom is -0.462 e. The fourth-order valence-corrected chi connectivity index (χ4v) is 9.64. The number of piperidine rings is 1. The number of methoxy groups -OCH3 is 1. The summed E-state index contributed by atoms with van der Waals surface area (Å²) < 4.78 is 11.9. The molecule has 156 valence electrons. The second kappa shape index (κ2) is 5.32. The Morgan fingerprint density at radius 2 is 2.11 bits per heavy atom. The number of nitrogens with zero attached hydrogens (tertiary/aromatic N) is 1. The summed E-state index contributed by atoms with van der Waals surface area (Å²) in [6, 6.07) is 0.0757. The molecule has 2 N–H and O–H groups in total. The Bertz CT molecular complexity index is 730. The molecule has 4 saturated carbocycles. The second-order valence-corrected chi connectivity index (χ2v) is 10.8. The Labute approximate surface area is 166 Å². The Hall–Kier alpha value is -0.690. The first-order chi connectivity index (χ1) is 13.3. The summed E-state index contributed by atoms with van der Waals surface area (Å²) >= 11 is 0. The maximum absolute atomic E-state index is 13.1. The summed E-state index contributed by atoms with van der Waals surface area (Å²) in [6.45, 7) is 6.38. The molecule has 0 aromatic carbocycles. The molecule has 1 spiro atoms. The lowest BCUT2D eigenvalue weighted by Crippen LogP contribution is -2.76. The molecule has 0 aromatic rings. The van der Waals surface area contributed by atoms with Crippen LogP contribution in [0.3, 0.4) is 0 Å². The molecule has 3 saturated heterocycles. The number of aliphatic hydroxyl groups excluding tert-OH is 1. The van der Waals surface area contributed by atoms with Crippen LogP contribution < -0.4 is 0 Å². The van der Waals surface area contributed by atoms with Crippen molar-refractivity contribution in [1.82, 2.24) is 4.90 Å². The highest BCUT2D eigenvalue weighted by Gasteiger charge is 2.84. The van der Waals surface area contributed by atoms with Crippen LogP contribution in [0.15, 0.2) is 0 Å². The number of ether oxygens (including phenoxy) is 2. The number of carbonyl (C=O) groups is 1. The highest BCUT2D eigenvalue weighted by atomic mass is 16.5. The van der Waals surface area contributed by atoms with Crippen molar-refractivity contribution in [1.29, 1.82) is 0 Å². The van der Waals surface area contributed by atoms with E-state index in [4.69, 9.17) is 9.47 Å². The molecule has 0 amide bonds. The van der Waals surface area contributed by atoms with E-state index in [0.717, 1.165) is 32.4 Å². The van der Waals surface area contributed by atoms with Crippen LogP contribution in [0.2, 0.25) is 0 Å². The van der Waals surface area contributed by atoms with Crippen molar-refractivity contribution in [3.8, 4) is 0 Å². The lowest BCUT2D eigenvalue weighted by Gasteiger charge is -2.69.